The zero-order valence-electron chi connectivity index (χ0n) is 34.0. The molecule has 3 aromatic heterocycles. The van der Waals surface area contributed by atoms with Crippen LogP contribution in [-0.2, 0) is 19.1 Å². The van der Waals surface area contributed by atoms with Gasteiger partial charge in [0.1, 0.15) is 29.2 Å². The van der Waals surface area contributed by atoms with E-state index in [-0.39, 0.29) is 23.9 Å². The number of amides is 4. The van der Waals surface area contributed by atoms with Gasteiger partial charge in [-0.3, -0.25) is 9.59 Å². The van der Waals surface area contributed by atoms with Gasteiger partial charge >= 0.3 is 12.2 Å². The van der Waals surface area contributed by atoms with Gasteiger partial charge in [-0.05, 0) is 61.8 Å². The molecule has 318 valence electrons. The van der Waals surface area contributed by atoms with E-state index in [9.17, 15) is 19.2 Å². The number of aromatic amines is 2. The minimum Gasteiger partial charge on any atom is -0.465 e. The van der Waals surface area contributed by atoms with Gasteiger partial charge in [0.25, 0.3) is 0 Å². The Hall–Kier alpha value is -6.50. The van der Waals surface area contributed by atoms with Crippen LogP contribution in [0.1, 0.15) is 61.2 Å². The highest BCUT2D eigenvalue weighted by molar-refractivity contribution is 7.19. The summed E-state index contributed by atoms with van der Waals surface area (Å²) < 4.78 is 18.5. The molecule has 3 aliphatic heterocycles. The molecule has 18 heteroatoms. The van der Waals surface area contributed by atoms with Crippen LogP contribution in [0.25, 0.3) is 44.7 Å². The zero-order chi connectivity index (χ0) is 43.1. The lowest BCUT2D eigenvalue weighted by Crippen LogP contribution is -2.49. The van der Waals surface area contributed by atoms with Crippen molar-refractivity contribution in [2.75, 3.05) is 27.3 Å². The summed E-state index contributed by atoms with van der Waals surface area (Å²) in [4.78, 5) is 70.3. The molecular weight excluding hydrogens is 828 g/mol. The van der Waals surface area contributed by atoms with Gasteiger partial charge < -0.3 is 49.2 Å². The Bertz CT molecular complexity index is 2700. The van der Waals surface area contributed by atoms with Crippen molar-refractivity contribution in [2.45, 2.75) is 55.8 Å². The fourth-order valence-electron chi connectivity index (χ4n) is 8.77. The molecule has 9 rings (SSSR count). The number of carbonyl (C=O) groups excluding carboxylic acids is 4. The van der Waals surface area contributed by atoms with E-state index in [1.165, 1.54) is 20.0 Å². The number of nitrogens with one attached hydrogen (secondary N) is 4. The van der Waals surface area contributed by atoms with Crippen molar-refractivity contribution in [3.8, 4) is 39.5 Å². The van der Waals surface area contributed by atoms with Gasteiger partial charge in [0.15, 0.2) is 0 Å². The van der Waals surface area contributed by atoms with Crippen LogP contribution in [0.15, 0.2) is 85.2 Å². The quantitative estimate of drug-likeness (QED) is 0.110. The number of methoxy groups -OCH3 is 2. The molecule has 2 saturated heterocycles. The number of aromatic nitrogens is 5. The van der Waals surface area contributed by atoms with Crippen LogP contribution < -0.4 is 15.4 Å². The van der Waals surface area contributed by atoms with Crippen LogP contribution in [0.5, 0.6) is 5.75 Å². The normalized spacial score (nSPS) is 18.9. The predicted octanol–water partition coefficient (Wildman–Crippen LogP) is 6.58. The van der Waals surface area contributed by atoms with Crippen LogP contribution in [0.3, 0.4) is 0 Å². The number of rotatable bonds is 10. The number of hydrogen-bond acceptors (Lipinski definition) is 9. The Morgan fingerprint density at radius 1 is 0.823 bits per heavy atom. The molecular formula is C44H45N9O7P2. The monoisotopic (exact) mass is 873 g/mol. The molecule has 2 fully saturated rings. The molecule has 2 unspecified atom stereocenters. The Morgan fingerprint density at radius 2 is 1.44 bits per heavy atom. The number of likely N-dealkylation sites (tertiary alicyclic amines) is 2. The smallest absolute Gasteiger partial charge is 0.407 e. The van der Waals surface area contributed by atoms with Crippen LogP contribution in [0.4, 0.5) is 9.59 Å². The number of nitrogens with zero attached hydrogens (tertiary/aromatic N) is 5. The summed E-state index contributed by atoms with van der Waals surface area (Å²) in [5.74, 6) is 2.22. The molecule has 0 bridgehead atoms. The van der Waals surface area contributed by atoms with Crippen molar-refractivity contribution >= 4 is 58.8 Å². The molecule has 4 amide bonds. The maximum atomic E-state index is 13.5. The molecule has 0 radical (unpaired) electrons. The Morgan fingerprint density at radius 3 is 2.08 bits per heavy atom. The lowest BCUT2D eigenvalue weighted by Gasteiger charge is -2.30. The highest BCUT2D eigenvalue weighted by atomic mass is 31.0. The zero-order valence-corrected chi connectivity index (χ0v) is 36.1. The van der Waals surface area contributed by atoms with Crippen molar-refractivity contribution in [2.24, 2.45) is 0 Å². The van der Waals surface area contributed by atoms with E-state index in [0.717, 1.165) is 75.9 Å². The van der Waals surface area contributed by atoms with Gasteiger partial charge in [-0.25, -0.2) is 19.6 Å². The summed E-state index contributed by atoms with van der Waals surface area (Å²) in [6.07, 6.45) is 4.84. The average Bonchev–Trinajstić information content (AvgIpc) is 4.16. The topological polar surface area (TPSA) is 189 Å². The predicted molar refractivity (Wildman–Crippen MR) is 238 cm³/mol. The maximum Gasteiger partial charge on any atom is 0.407 e. The van der Waals surface area contributed by atoms with Gasteiger partial charge in [0, 0.05) is 40.7 Å². The van der Waals surface area contributed by atoms with Gasteiger partial charge in [-0.15, -0.1) is 18.1 Å². The van der Waals surface area contributed by atoms with Crippen LogP contribution in [0, 0.1) is 0 Å². The first-order valence-corrected chi connectivity index (χ1v) is 21.6. The number of benzene rings is 3. The second-order valence-corrected chi connectivity index (χ2v) is 16.4. The summed E-state index contributed by atoms with van der Waals surface area (Å²) in [7, 11) is 8.19. The van der Waals surface area contributed by atoms with Gasteiger partial charge in [0.2, 0.25) is 18.0 Å². The number of imidazole rings is 2. The molecule has 3 aliphatic rings. The van der Waals surface area contributed by atoms with Crippen molar-refractivity contribution in [3.05, 3.63) is 102 Å². The number of fused-ring (bicyclic) bond motifs is 5. The minimum atomic E-state index is -0.898. The first-order chi connectivity index (χ1) is 30.1. The van der Waals surface area contributed by atoms with Gasteiger partial charge in [-0.1, -0.05) is 42.5 Å². The van der Waals surface area contributed by atoms with Crippen molar-refractivity contribution in [3.63, 3.8) is 0 Å². The number of alkyl carbamates (subject to hydrolysis) is 2. The van der Waals surface area contributed by atoms with Crippen LogP contribution in [-0.4, -0.2) is 103 Å². The minimum absolute atomic E-state index is 0.224. The third kappa shape index (κ3) is 7.58. The summed E-state index contributed by atoms with van der Waals surface area (Å²) in [6.45, 7) is 1.09. The second kappa shape index (κ2) is 17.1. The van der Waals surface area contributed by atoms with Crippen molar-refractivity contribution in [1.29, 1.82) is 0 Å². The van der Waals surface area contributed by atoms with Crippen molar-refractivity contribution < 1.29 is 33.4 Å². The highest BCUT2D eigenvalue weighted by Crippen LogP contribution is 2.46. The average molecular weight is 874 g/mol. The third-order valence-corrected chi connectivity index (χ3v) is 12.6. The summed E-state index contributed by atoms with van der Waals surface area (Å²) in [5.41, 5.74) is 7.35. The summed E-state index contributed by atoms with van der Waals surface area (Å²) >= 11 is 0. The lowest BCUT2D eigenvalue weighted by molar-refractivity contribution is -0.133. The van der Waals surface area contributed by atoms with E-state index in [1.807, 2.05) is 30.3 Å². The molecule has 6 atom stereocenters. The molecule has 4 N–H and O–H groups in total. The fourth-order valence-corrected chi connectivity index (χ4v) is 9.32. The van der Waals surface area contributed by atoms with E-state index in [2.05, 4.69) is 90.5 Å². The summed E-state index contributed by atoms with van der Waals surface area (Å²) in [6, 6.07) is 23.3. The molecule has 3 aromatic carbocycles. The molecule has 0 saturated carbocycles. The van der Waals surface area contributed by atoms with E-state index in [0.29, 0.717) is 30.5 Å². The highest BCUT2D eigenvalue weighted by Gasteiger charge is 2.37. The first-order valence-electron chi connectivity index (χ1n) is 20.3. The maximum absolute atomic E-state index is 13.5. The van der Waals surface area contributed by atoms with E-state index >= 15 is 0 Å². The number of H-pyrrole nitrogens is 2. The molecule has 6 heterocycles. The van der Waals surface area contributed by atoms with E-state index < -0.39 is 30.2 Å². The van der Waals surface area contributed by atoms with Gasteiger partial charge in [0.05, 0.1) is 61.3 Å². The molecule has 0 aliphatic carbocycles. The number of ether oxygens (including phenoxy) is 3. The summed E-state index contributed by atoms with van der Waals surface area (Å²) in [5, 5.41) is 6.12. The lowest BCUT2D eigenvalue weighted by atomic mass is 10.0. The second-order valence-electron chi connectivity index (χ2n) is 15.4. The largest absolute Gasteiger partial charge is 0.465 e. The van der Waals surface area contributed by atoms with Crippen LogP contribution in [0.2, 0.25) is 0 Å². The fraction of sp³-hybridized carbons (Fsp3) is 0.295. The Labute approximate surface area is 361 Å². The molecule has 0 spiro atoms. The Kier molecular flexibility index (Phi) is 11.3. The van der Waals surface area contributed by atoms with Gasteiger partial charge in [-0.2, -0.15) is 0 Å². The standard InChI is InChI=1S/C44H45N9O7P2/c1-58-43(56)49-31(23-61)40(54)51-16-6-10-33(51)37-46-22-30(48-37)26-12-14-28-35-19-27-18-25(13-15-32(27)53(35)42(60-36(28)20-26)24-8-4-3-5-9-24)29-21-45-38(47-29)34-11-7-17-52(34)41(55)39(62)50-44(57)59-2/h3-5,8-9,12-15,18-23,31,33-34,39,42,61H,6-7,10-11,16-17,62H2,1-2H3,(H,45,47)(H,46,48)(H,49,56)(H,50,57)/t31?,33-,34-,39-,42-/m0/s1. The molecule has 16 nitrogen and oxygen atoms in total. The van der Waals surface area contributed by atoms with Crippen LogP contribution >= 0.6 is 18.1 Å². The van der Waals surface area contributed by atoms with E-state index in [4.69, 9.17) is 19.4 Å². The SMILES string of the molecule is COC(=O)NC(C=P)C(=O)N1CCC[C@H]1c1ncc(-c2ccc3c(c2)O[C@@H](c2ccccc2)n2c-3cc3cc(-c4cnc([C@@H]5CCCN5C(=O)[C@H](P)NC(=O)OC)[nH]4)ccc32)[nH]1. The third-order valence-electron chi connectivity index (χ3n) is 11.8. The Balaban J connectivity index is 1.00. The van der Waals surface area contributed by atoms with Crippen molar-refractivity contribution in [1.82, 2.24) is 44.9 Å². The van der Waals surface area contributed by atoms with E-state index in [1.54, 1.807) is 22.2 Å². The molecule has 62 heavy (non-hydrogen) atoms. The first kappa shape index (κ1) is 40.9. The number of hydrogen-bond donors (Lipinski definition) is 4. The molecule has 6 aromatic rings. The number of carbonyl (C=O) groups is 4.